The van der Waals surface area contributed by atoms with Gasteiger partial charge in [-0.1, -0.05) is 30.3 Å². The average molecular weight is 519 g/mol. The third-order valence-electron chi connectivity index (χ3n) is 8.07. The SMILES string of the molecule is CC(C)N1CCN(Cc2ccc(-c3cncc(-c4cc(-c5ccccn5)nc(N5CCCC5)c4)c3)cc2)CC1. The first-order valence-corrected chi connectivity index (χ1v) is 14.3. The van der Waals surface area contributed by atoms with Gasteiger partial charge in [-0.2, -0.15) is 0 Å². The van der Waals surface area contributed by atoms with E-state index < -0.39 is 0 Å². The second-order valence-electron chi connectivity index (χ2n) is 11.1. The Balaban J connectivity index is 1.23. The summed E-state index contributed by atoms with van der Waals surface area (Å²) in [5, 5.41) is 0. The standard InChI is InChI=1S/C33H38N6/c1-25(2)38-17-15-37(16-18-38)24-26-8-10-27(11-9-26)29-19-30(23-34-22-29)28-20-32(31-7-3-4-12-35-31)36-33(21-28)39-13-5-6-14-39/h3-4,7-12,19-23,25H,5-6,13-18,24H2,1-2H3. The Kier molecular flexibility index (Phi) is 7.66. The number of hydrogen-bond donors (Lipinski definition) is 0. The van der Waals surface area contributed by atoms with Crippen LogP contribution in [0.1, 0.15) is 32.3 Å². The molecular formula is C33H38N6. The van der Waals surface area contributed by atoms with Crippen LogP contribution >= 0.6 is 0 Å². The average Bonchev–Trinajstić information content (AvgIpc) is 3.54. The van der Waals surface area contributed by atoms with E-state index in [9.17, 15) is 0 Å². The maximum Gasteiger partial charge on any atom is 0.129 e. The molecule has 0 atom stereocenters. The van der Waals surface area contributed by atoms with Gasteiger partial charge in [-0.25, -0.2) is 4.98 Å². The van der Waals surface area contributed by atoms with Crippen LogP contribution in [-0.2, 0) is 6.54 Å². The third kappa shape index (κ3) is 6.02. The minimum atomic E-state index is 0.636. The monoisotopic (exact) mass is 518 g/mol. The van der Waals surface area contributed by atoms with E-state index in [1.807, 2.05) is 36.8 Å². The van der Waals surface area contributed by atoms with Crippen molar-refractivity contribution < 1.29 is 0 Å². The maximum atomic E-state index is 5.00. The molecule has 2 aliphatic rings. The van der Waals surface area contributed by atoms with Crippen LogP contribution in [0.2, 0.25) is 0 Å². The van der Waals surface area contributed by atoms with Crippen LogP contribution in [0.3, 0.4) is 0 Å². The van der Waals surface area contributed by atoms with Crippen LogP contribution in [0, 0.1) is 0 Å². The molecule has 200 valence electrons. The van der Waals surface area contributed by atoms with Gasteiger partial charge < -0.3 is 4.90 Å². The van der Waals surface area contributed by atoms with E-state index >= 15 is 0 Å². The molecule has 0 radical (unpaired) electrons. The number of benzene rings is 1. The van der Waals surface area contributed by atoms with Crippen molar-refractivity contribution in [1.82, 2.24) is 24.8 Å². The molecule has 5 heterocycles. The second kappa shape index (κ2) is 11.6. The second-order valence-corrected chi connectivity index (χ2v) is 11.1. The number of hydrogen-bond acceptors (Lipinski definition) is 6. The number of nitrogens with zero attached hydrogens (tertiary/aromatic N) is 6. The molecule has 3 aromatic heterocycles. The lowest BCUT2D eigenvalue weighted by Crippen LogP contribution is -2.48. The summed E-state index contributed by atoms with van der Waals surface area (Å²) in [7, 11) is 0. The Hall–Kier alpha value is -3.61. The minimum Gasteiger partial charge on any atom is -0.357 e. The fourth-order valence-corrected chi connectivity index (χ4v) is 5.69. The van der Waals surface area contributed by atoms with Gasteiger partial charge in [-0.15, -0.1) is 0 Å². The minimum absolute atomic E-state index is 0.636. The first-order valence-electron chi connectivity index (χ1n) is 14.3. The van der Waals surface area contributed by atoms with Gasteiger partial charge in [0.25, 0.3) is 0 Å². The van der Waals surface area contributed by atoms with Crippen molar-refractivity contribution in [2.24, 2.45) is 0 Å². The highest BCUT2D eigenvalue weighted by Gasteiger charge is 2.19. The quantitative estimate of drug-likeness (QED) is 0.299. The predicted octanol–water partition coefficient (Wildman–Crippen LogP) is 6.00. The fourth-order valence-electron chi connectivity index (χ4n) is 5.69. The van der Waals surface area contributed by atoms with Crippen molar-refractivity contribution >= 4 is 5.82 Å². The van der Waals surface area contributed by atoms with E-state index in [4.69, 9.17) is 4.98 Å². The molecule has 1 aromatic carbocycles. The summed E-state index contributed by atoms with van der Waals surface area (Å²) in [4.78, 5) is 21.7. The lowest BCUT2D eigenvalue weighted by Gasteiger charge is -2.36. The maximum absolute atomic E-state index is 5.00. The summed E-state index contributed by atoms with van der Waals surface area (Å²) < 4.78 is 0. The third-order valence-corrected chi connectivity index (χ3v) is 8.07. The molecule has 0 saturated carbocycles. The van der Waals surface area contributed by atoms with E-state index in [1.54, 1.807) is 0 Å². The summed E-state index contributed by atoms with van der Waals surface area (Å²) >= 11 is 0. The lowest BCUT2D eigenvalue weighted by atomic mass is 10.0. The van der Waals surface area contributed by atoms with Gasteiger partial charge >= 0.3 is 0 Å². The van der Waals surface area contributed by atoms with Crippen LogP contribution in [-0.4, -0.2) is 70.1 Å². The van der Waals surface area contributed by atoms with Gasteiger partial charge in [0.15, 0.2) is 0 Å². The highest BCUT2D eigenvalue weighted by atomic mass is 15.3. The molecule has 0 spiro atoms. The van der Waals surface area contributed by atoms with E-state index in [-0.39, 0.29) is 0 Å². The molecular weight excluding hydrogens is 480 g/mol. The van der Waals surface area contributed by atoms with Gasteiger partial charge in [0, 0.05) is 81.6 Å². The molecule has 0 N–H and O–H groups in total. The zero-order valence-electron chi connectivity index (χ0n) is 23.1. The van der Waals surface area contributed by atoms with Crippen LogP contribution in [0.25, 0.3) is 33.6 Å². The number of aromatic nitrogens is 3. The van der Waals surface area contributed by atoms with E-state index in [1.165, 1.54) is 24.0 Å². The molecule has 2 saturated heterocycles. The molecule has 0 unspecified atom stereocenters. The molecule has 0 amide bonds. The molecule has 0 bridgehead atoms. The van der Waals surface area contributed by atoms with Gasteiger partial charge in [-0.05, 0) is 73.7 Å². The largest absolute Gasteiger partial charge is 0.357 e. The number of rotatable bonds is 7. The molecule has 0 aliphatic carbocycles. The smallest absolute Gasteiger partial charge is 0.129 e. The summed E-state index contributed by atoms with van der Waals surface area (Å²) in [6, 6.07) is 22.2. The van der Waals surface area contributed by atoms with E-state index in [0.717, 1.165) is 79.7 Å². The predicted molar refractivity (Wildman–Crippen MR) is 160 cm³/mol. The first-order chi connectivity index (χ1) is 19.1. The van der Waals surface area contributed by atoms with Crippen molar-refractivity contribution in [3.05, 3.63) is 84.8 Å². The molecule has 4 aromatic rings. The Morgan fingerprint density at radius 1 is 0.718 bits per heavy atom. The van der Waals surface area contributed by atoms with E-state index in [0.29, 0.717) is 6.04 Å². The number of piperazine rings is 1. The Bertz CT molecular complexity index is 1370. The fraction of sp³-hybridized carbons (Fsp3) is 0.364. The van der Waals surface area contributed by atoms with Gasteiger partial charge in [0.05, 0.1) is 11.4 Å². The summed E-state index contributed by atoms with van der Waals surface area (Å²) in [6.45, 7) is 12.3. The van der Waals surface area contributed by atoms with E-state index in [2.05, 4.69) is 81.0 Å². The van der Waals surface area contributed by atoms with Crippen molar-refractivity contribution in [2.75, 3.05) is 44.2 Å². The Morgan fingerprint density at radius 2 is 1.46 bits per heavy atom. The molecule has 6 heteroatoms. The van der Waals surface area contributed by atoms with Crippen LogP contribution in [0.4, 0.5) is 5.82 Å². The van der Waals surface area contributed by atoms with Crippen LogP contribution in [0.15, 0.2) is 79.3 Å². The van der Waals surface area contributed by atoms with Crippen LogP contribution in [0.5, 0.6) is 0 Å². The zero-order valence-corrected chi connectivity index (χ0v) is 23.1. The highest BCUT2D eigenvalue weighted by Crippen LogP contribution is 2.32. The zero-order chi connectivity index (χ0) is 26.6. The Morgan fingerprint density at radius 3 is 2.15 bits per heavy atom. The molecule has 6 nitrogen and oxygen atoms in total. The molecule has 2 aliphatic heterocycles. The van der Waals surface area contributed by atoms with Gasteiger partial charge in [-0.3, -0.25) is 19.8 Å². The number of pyridine rings is 3. The first kappa shape index (κ1) is 25.7. The molecule has 6 rings (SSSR count). The van der Waals surface area contributed by atoms with Crippen molar-refractivity contribution in [3.63, 3.8) is 0 Å². The summed E-state index contributed by atoms with van der Waals surface area (Å²) in [6.07, 6.45) is 8.18. The van der Waals surface area contributed by atoms with Gasteiger partial charge in [0.1, 0.15) is 5.82 Å². The van der Waals surface area contributed by atoms with Gasteiger partial charge in [0.2, 0.25) is 0 Å². The topological polar surface area (TPSA) is 48.4 Å². The van der Waals surface area contributed by atoms with Crippen molar-refractivity contribution in [3.8, 4) is 33.6 Å². The summed E-state index contributed by atoms with van der Waals surface area (Å²) in [5.74, 6) is 1.02. The van der Waals surface area contributed by atoms with Crippen molar-refractivity contribution in [1.29, 1.82) is 0 Å². The van der Waals surface area contributed by atoms with Crippen LogP contribution < -0.4 is 4.90 Å². The number of anilines is 1. The summed E-state index contributed by atoms with van der Waals surface area (Å²) in [5.41, 5.74) is 7.70. The normalized spacial score (nSPS) is 16.7. The molecule has 39 heavy (non-hydrogen) atoms. The Labute approximate surface area is 232 Å². The highest BCUT2D eigenvalue weighted by molar-refractivity contribution is 5.76. The van der Waals surface area contributed by atoms with Crippen molar-refractivity contribution in [2.45, 2.75) is 39.3 Å². The lowest BCUT2D eigenvalue weighted by molar-refractivity contribution is 0.104. The molecule has 2 fully saturated rings.